The van der Waals surface area contributed by atoms with Crippen molar-refractivity contribution in [2.45, 2.75) is 100 Å². The average Bonchev–Trinajstić information content (AvgIpc) is 3.25. The van der Waals surface area contributed by atoms with Crippen LogP contribution in [-0.2, 0) is 20.8 Å². The van der Waals surface area contributed by atoms with E-state index in [-0.39, 0.29) is 17.7 Å². The third-order valence-corrected chi connectivity index (χ3v) is 6.49. The molecule has 1 amide bonds. The number of ketones is 1. The molecule has 2 unspecified atom stereocenters. The van der Waals surface area contributed by atoms with Crippen LogP contribution in [0.3, 0.4) is 0 Å². The number of thiazole rings is 1. The summed E-state index contributed by atoms with van der Waals surface area (Å²) in [5, 5.41) is 7.34. The second-order valence-electron chi connectivity index (χ2n) is 9.05. The quantitative estimate of drug-likeness (QED) is 0.146. The van der Waals surface area contributed by atoms with Gasteiger partial charge in [-0.15, -0.1) is 11.3 Å². The fourth-order valence-corrected chi connectivity index (χ4v) is 3.78. The first-order chi connectivity index (χ1) is 18.0. The number of amides is 1. The van der Waals surface area contributed by atoms with Gasteiger partial charge in [-0.1, -0.05) is 79.7 Å². The maximum Gasteiger partial charge on any atom is 0.220 e. The van der Waals surface area contributed by atoms with Gasteiger partial charge in [-0.05, 0) is 51.3 Å². The zero-order chi connectivity index (χ0) is 30.1. The van der Waals surface area contributed by atoms with Crippen molar-refractivity contribution in [3.63, 3.8) is 0 Å². The predicted molar refractivity (Wildman–Crippen MR) is 167 cm³/mol. The summed E-state index contributed by atoms with van der Waals surface area (Å²) in [6, 6.07) is 0.177. The highest BCUT2D eigenvalue weighted by atomic mass is 32.1. The van der Waals surface area contributed by atoms with E-state index in [0.29, 0.717) is 31.0 Å². The van der Waals surface area contributed by atoms with Crippen molar-refractivity contribution in [1.82, 2.24) is 15.6 Å². The van der Waals surface area contributed by atoms with Gasteiger partial charge in [0.05, 0.1) is 10.7 Å². The zero-order valence-corrected chi connectivity index (χ0v) is 26.6. The van der Waals surface area contributed by atoms with Gasteiger partial charge < -0.3 is 15.4 Å². The summed E-state index contributed by atoms with van der Waals surface area (Å²) in [5.74, 6) is 1.28. The van der Waals surface area contributed by atoms with Crippen LogP contribution >= 0.6 is 11.3 Å². The summed E-state index contributed by atoms with van der Waals surface area (Å²) < 4.78 is 0. The third-order valence-electron chi connectivity index (χ3n) is 5.44. The Bertz CT molecular complexity index is 822. The number of aldehydes is 1. The lowest BCUT2D eigenvalue weighted by Crippen LogP contribution is -2.45. The molecule has 38 heavy (non-hydrogen) atoms. The molecule has 1 aromatic heterocycles. The Morgan fingerprint density at radius 2 is 1.71 bits per heavy atom. The van der Waals surface area contributed by atoms with Crippen LogP contribution in [0.15, 0.2) is 30.9 Å². The molecule has 2 N–H and O–H groups in total. The minimum absolute atomic E-state index is 0.101. The van der Waals surface area contributed by atoms with Crippen molar-refractivity contribution in [3.05, 3.63) is 46.5 Å². The van der Waals surface area contributed by atoms with E-state index in [1.165, 1.54) is 11.0 Å². The maximum absolute atomic E-state index is 12.3. The van der Waals surface area contributed by atoms with Gasteiger partial charge in [-0.3, -0.25) is 9.59 Å². The molecule has 0 radical (unpaired) electrons. The van der Waals surface area contributed by atoms with Crippen molar-refractivity contribution in [1.29, 1.82) is 0 Å². The SMILES string of the molecule is C=C(/C=C\c1nc(CCC(=O)NC(CNC)C(C)CC)sc1C)C(C)C.C=CC=O.CC.CCCC(C)=O. The van der Waals surface area contributed by atoms with Crippen LogP contribution < -0.4 is 10.6 Å². The number of likely N-dealkylation sites (N-methyl/N-ethyl adjacent to an activating group) is 1. The summed E-state index contributed by atoms with van der Waals surface area (Å²) in [6.07, 6.45) is 9.83. The Morgan fingerprint density at radius 3 is 2.11 bits per heavy atom. The normalized spacial score (nSPS) is 11.6. The number of carbonyl (C=O) groups excluding carboxylic acids is 3. The van der Waals surface area contributed by atoms with Crippen LogP contribution in [0.5, 0.6) is 0 Å². The Balaban J connectivity index is -0.000000854. The van der Waals surface area contributed by atoms with Crippen molar-refractivity contribution < 1.29 is 14.4 Å². The number of aryl methyl sites for hydroxylation is 2. The summed E-state index contributed by atoms with van der Waals surface area (Å²) in [4.78, 5) is 37.3. The summed E-state index contributed by atoms with van der Waals surface area (Å²) in [5.41, 5.74) is 2.08. The number of carbonyl (C=O) groups is 3. The molecule has 1 aromatic rings. The highest BCUT2D eigenvalue weighted by Gasteiger charge is 2.17. The highest BCUT2D eigenvalue weighted by Crippen LogP contribution is 2.21. The molecule has 6 nitrogen and oxygen atoms in total. The average molecular weight is 550 g/mol. The first kappa shape index (κ1) is 40.1. The van der Waals surface area contributed by atoms with E-state index in [0.717, 1.165) is 42.1 Å². The van der Waals surface area contributed by atoms with E-state index in [4.69, 9.17) is 4.79 Å². The largest absolute Gasteiger partial charge is 0.352 e. The zero-order valence-electron chi connectivity index (χ0n) is 25.8. The van der Waals surface area contributed by atoms with E-state index in [1.54, 1.807) is 18.3 Å². The smallest absolute Gasteiger partial charge is 0.220 e. The molecule has 0 fully saturated rings. The van der Waals surface area contributed by atoms with Crippen LogP contribution in [0, 0.1) is 18.8 Å². The Kier molecular flexibility index (Phi) is 27.7. The molecule has 0 aromatic carbocycles. The lowest BCUT2D eigenvalue weighted by Gasteiger charge is -2.24. The fraction of sp³-hybridized carbons (Fsp3) is 0.613. The monoisotopic (exact) mass is 549 g/mol. The lowest BCUT2D eigenvalue weighted by atomic mass is 9.99. The summed E-state index contributed by atoms with van der Waals surface area (Å²) in [6.45, 7) is 26.2. The number of hydrogen-bond donors (Lipinski definition) is 2. The van der Waals surface area contributed by atoms with Crippen molar-refractivity contribution in [2.75, 3.05) is 13.6 Å². The molecular weight excluding hydrogens is 494 g/mol. The van der Waals surface area contributed by atoms with Gasteiger partial charge in [-0.25, -0.2) is 4.98 Å². The minimum atomic E-state index is 0.101. The second kappa shape index (κ2) is 26.2. The molecule has 0 aliphatic carbocycles. The number of aromatic nitrogens is 1. The van der Waals surface area contributed by atoms with Crippen molar-refractivity contribution in [3.8, 4) is 0 Å². The predicted octanol–water partition coefficient (Wildman–Crippen LogP) is 7.13. The van der Waals surface area contributed by atoms with Gasteiger partial charge in [0, 0.05) is 36.7 Å². The van der Waals surface area contributed by atoms with Crippen LogP contribution in [-0.4, -0.2) is 42.6 Å². The van der Waals surface area contributed by atoms with Crippen molar-refractivity contribution >= 4 is 35.4 Å². The number of hydrogen-bond acceptors (Lipinski definition) is 6. The number of nitrogens with zero attached hydrogens (tertiary/aromatic N) is 1. The highest BCUT2D eigenvalue weighted by molar-refractivity contribution is 7.11. The molecule has 7 heteroatoms. The van der Waals surface area contributed by atoms with Gasteiger partial charge >= 0.3 is 0 Å². The topological polar surface area (TPSA) is 88.2 Å². The van der Waals surface area contributed by atoms with Gasteiger partial charge in [0.2, 0.25) is 5.91 Å². The summed E-state index contributed by atoms with van der Waals surface area (Å²) in [7, 11) is 1.92. The van der Waals surface area contributed by atoms with Gasteiger partial charge in [0.1, 0.15) is 12.1 Å². The molecule has 0 aliphatic rings. The van der Waals surface area contributed by atoms with Crippen LogP contribution in [0.4, 0.5) is 0 Å². The first-order valence-electron chi connectivity index (χ1n) is 13.8. The van der Waals surface area contributed by atoms with Crippen molar-refractivity contribution in [2.24, 2.45) is 11.8 Å². The van der Waals surface area contributed by atoms with E-state index < -0.39 is 0 Å². The maximum atomic E-state index is 12.3. The Labute approximate surface area is 237 Å². The number of allylic oxidation sites excluding steroid dienone is 3. The standard InChI is InChI=1S/C21H35N3OS.C5H10O.C3H4O.C2H6/c1-8-15(4)19(13-22-7)23-20(25)11-12-21-24-18(17(6)26-21)10-9-16(5)14(2)3;1-3-4-5(2)6;1-2-3-4;1-2/h9-10,14-15,19,22H,5,8,11-13H2,1-4,6-7H3,(H,23,25);3-4H2,1-2H3;2-3H,1H2;1-2H3/b10-9-;;;. The minimum Gasteiger partial charge on any atom is -0.352 e. The molecule has 2 atom stereocenters. The number of nitrogens with one attached hydrogen (secondary N) is 2. The molecule has 218 valence electrons. The third kappa shape index (κ3) is 21.7. The first-order valence-corrected chi connectivity index (χ1v) is 14.6. The van der Waals surface area contributed by atoms with E-state index in [9.17, 15) is 9.59 Å². The van der Waals surface area contributed by atoms with Crippen LogP contribution in [0.25, 0.3) is 6.08 Å². The lowest BCUT2D eigenvalue weighted by molar-refractivity contribution is -0.122. The molecule has 0 spiro atoms. The van der Waals surface area contributed by atoms with Gasteiger partial charge in [0.15, 0.2) is 0 Å². The number of rotatable bonds is 14. The van der Waals surface area contributed by atoms with Gasteiger partial charge in [0.25, 0.3) is 0 Å². The van der Waals surface area contributed by atoms with Crippen LogP contribution in [0.1, 0.15) is 96.7 Å². The fourth-order valence-electron chi connectivity index (χ4n) is 2.86. The second-order valence-corrected chi connectivity index (χ2v) is 10.3. The van der Waals surface area contributed by atoms with E-state index in [2.05, 4.69) is 63.4 Å². The molecule has 1 rings (SSSR count). The molecule has 0 bridgehead atoms. The molecule has 0 saturated heterocycles. The van der Waals surface area contributed by atoms with E-state index in [1.807, 2.05) is 40.0 Å². The van der Waals surface area contributed by atoms with Gasteiger partial charge in [-0.2, -0.15) is 0 Å². The Morgan fingerprint density at radius 1 is 1.13 bits per heavy atom. The van der Waals surface area contributed by atoms with E-state index >= 15 is 0 Å². The molecule has 0 aliphatic heterocycles. The Hall–Kier alpha value is -2.38. The molecule has 0 saturated carbocycles. The molecular formula is C31H55N3O3S. The summed E-state index contributed by atoms with van der Waals surface area (Å²) >= 11 is 1.67. The molecule has 1 heterocycles. The van der Waals surface area contributed by atoms with Crippen LogP contribution in [0.2, 0.25) is 0 Å². The number of Topliss-reactive ketones (excluding diaryl/α,β-unsaturated/α-hetero) is 1.